The van der Waals surface area contributed by atoms with Gasteiger partial charge in [0.2, 0.25) is 0 Å². The summed E-state index contributed by atoms with van der Waals surface area (Å²) in [5.41, 5.74) is 1.40. The summed E-state index contributed by atoms with van der Waals surface area (Å²) < 4.78 is 0. The molecule has 0 saturated carbocycles. The molecule has 0 radical (unpaired) electrons. The van der Waals surface area contributed by atoms with Crippen molar-refractivity contribution < 1.29 is 0 Å². The number of nitrogens with one attached hydrogen (secondary N) is 1. The molecule has 3 heteroatoms. The summed E-state index contributed by atoms with van der Waals surface area (Å²) in [5.74, 6) is 0. The second-order valence-electron chi connectivity index (χ2n) is 5.77. The topological polar surface area (TPSA) is 18.5 Å². The minimum absolute atomic E-state index is 0.470. The molecule has 1 aromatic carbocycles. The lowest BCUT2D eigenvalue weighted by atomic mass is 10.0. The average molecular weight is 277 g/mol. The van der Waals surface area contributed by atoms with E-state index in [4.69, 9.17) is 0 Å². The standard InChI is InChI=1S/C17H31N3/c1-5-18-17(16-10-7-6-8-11-16)12-15-20(4)14-9-13-19(2)3/h6-8,10-11,17-18H,5,9,12-15H2,1-4H3. The van der Waals surface area contributed by atoms with E-state index in [-0.39, 0.29) is 0 Å². The van der Waals surface area contributed by atoms with Gasteiger partial charge in [-0.3, -0.25) is 0 Å². The first kappa shape index (κ1) is 17.2. The van der Waals surface area contributed by atoms with Gasteiger partial charge in [-0.05, 0) is 65.7 Å². The van der Waals surface area contributed by atoms with Crippen LogP contribution in [-0.2, 0) is 0 Å². The van der Waals surface area contributed by atoms with Crippen molar-refractivity contribution in [1.29, 1.82) is 0 Å². The van der Waals surface area contributed by atoms with Crippen LogP contribution in [0.2, 0.25) is 0 Å². The van der Waals surface area contributed by atoms with E-state index >= 15 is 0 Å². The van der Waals surface area contributed by atoms with Crippen LogP contribution >= 0.6 is 0 Å². The van der Waals surface area contributed by atoms with E-state index in [1.54, 1.807) is 0 Å². The number of nitrogens with zero attached hydrogens (tertiary/aromatic N) is 2. The monoisotopic (exact) mass is 277 g/mol. The van der Waals surface area contributed by atoms with Crippen molar-refractivity contribution in [2.45, 2.75) is 25.8 Å². The highest BCUT2D eigenvalue weighted by atomic mass is 15.1. The maximum Gasteiger partial charge on any atom is 0.0332 e. The molecule has 3 nitrogen and oxygen atoms in total. The van der Waals surface area contributed by atoms with E-state index in [0.717, 1.165) is 19.5 Å². The minimum Gasteiger partial charge on any atom is -0.310 e. The predicted octanol–water partition coefficient (Wildman–Crippen LogP) is 2.61. The molecular formula is C17H31N3. The first-order chi connectivity index (χ1) is 9.63. The van der Waals surface area contributed by atoms with Crippen molar-refractivity contribution in [2.75, 3.05) is 47.3 Å². The van der Waals surface area contributed by atoms with Crippen LogP contribution in [-0.4, -0.2) is 57.1 Å². The molecule has 1 atom stereocenters. The highest BCUT2D eigenvalue weighted by Crippen LogP contribution is 2.16. The van der Waals surface area contributed by atoms with Gasteiger partial charge in [-0.15, -0.1) is 0 Å². The molecule has 1 N–H and O–H groups in total. The maximum atomic E-state index is 3.59. The van der Waals surface area contributed by atoms with Crippen LogP contribution in [0.4, 0.5) is 0 Å². The lowest BCUT2D eigenvalue weighted by Gasteiger charge is -2.23. The summed E-state index contributed by atoms with van der Waals surface area (Å²) in [6.45, 7) is 6.67. The summed E-state index contributed by atoms with van der Waals surface area (Å²) in [6, 6.07) is 11.2. The smallest absolute Gasteiger partial charge is 0.0332 e. The zero-order valence-corrected chi connectivity index (χ0v) is 13.6. The van der Waals surface area contributed by atoms with Gasteiger partial charge >= 0.3 is 0 Å². The molecule has 0 heterocycles. The highest BCUT2D eigenvalue weighted by molar-refractivity contribution is 5.18. The van der Waals surface area contributed by atoms with E-state index in [0.29, 0.717) is 6.04 Å². The number of hydrogen-bond donors (Lipinski definition) is 1. The fourth-order valence-corrected chi connectivity index (χ4v) is 2.44. The van der Waals surface area contributed by atoms with Gasteiger partial charge in [0.05, 0.1) is 0 Å². The fourth-order valence-electron chi connectivity index (χ4n) is 2.44. The highest BCUT2D eigenvalue weighted by Gasteiger charge is 2.10. The maximum absolute atomic E-state index is 3.59. The van der Waals surface area contributed by atoms with Crippen molar-refractivity contribution in [2.24, 2.45) is 0 Å². The summed E-state index contributed by atoms with van der Waals surface area (Å²) in [4.78, 5) is 4.69. The molecular weight excluding hydrogens is 246 g/mol. The summed E-state index contributed by atoms with van der Waals surface area (Å²) in [5, 5.41) is 3.59. The molecule has 0 spiro atoms. The van der Waals surface area contributed by atoms with Gasteiger partial charge in [0.25, 0.3) is 0 Å². The average Bonchev–Trinajstić information content (AvgIpc) is 2.44. The number of rotatable bonds is 10. The van der Waals surface area contributed by atoms with Crippen LogP contribution < -0.4 is 5.32 Å². The molecule has 0 aliphatic rings. The Bertz CT molecular complexity index is 337. The van der Waals surface area contributed by atoms with Crippen molar-refractivity contribution in [3.63, 3.8) is 0 Å². The Labute approximate surface area is 125 Å². The number of hydrogen-bond acceptors (Lipinski definition) is 3. The van der Waals surface area contributed by atoms with E-state index in [1.165, 1.54) is 25.1 Å². The summed E-state index contributed by atoms with van der Waals surface area (Å²) in [7, 11) is 6.50. The zero-order chi connectivity index (χ0) is 14.8. The van der Waals surface area contributed by atoms with E-state index in [1.807, 2.05) is 0 Å². The Morgan fingerprint density at radius 2 is 1.70 bits per heavy atom. The Morgan fingerprint density at radius 1 is 1.00 bits per heavy atom. The van der Waals surface area contributed by atoms with Crippen LogP contribution in [0.3, 0.4) is 0 Å². The first-order valence-electron chi connectivity index (χ1n) is 7.75. The fraction of sp³-hybridized carbons (Fsp3) is 0.647. The Morgan fingerprint density at radius 3 is 2.30 bits per heavy atom. The molecule has 20 heavy (non-hydrogen) atoms. The molecule has 0 aliphatic carbocycles. The summed E-state index contributed by atoms with van der Waals surface area (Å²) >= 11 is 0. The molecule has 0 fully saturated rings. The molecule has 0 amide bonds. The van der Waals surface area contributed by atoms with E-state index in [2.05, 4.69) is 73.5 Å². The lowest BCUT2D eigenvalue weighted by molar-refractivity contribution is 0.284. The third kappa shape index (κ3) is 7.04. The van der Waals surface area contributed by atoms with E-state index in [9.17, 15) is 0 Å². The SMILES string of the molecule is CCNC(CCN(C)CCCN(C)C)c1ccccc1. The van der Waals surface area contributed by atoms with Gasteiger partial charge in [0.15, 0.2) is 0 Å². The zero-order valence-electron chi connectivity index (χ0n) is 13.6. The molecule has 1 unspecified atom stereocenters. The second kappa shape index (κ2) is 9.92. The Hall–Kier alpha value is -0.900. The molecule has 0 saturated heterocycles. The normalized spacial score (nSPS) is 13.1. The van der Waals surface area contributed by atoms with Crippen molar-refractivity contribution in [1.82, 2.24) is 15.1 Å². The Balaban J connectivity index is 2.35. The van der Waals surface area contributed by atoms with Crippen LogP contribution in [0.15, 0.2) is 30.3 Å². The number of benzene rings is 1. The molecule has 0 aliphatic heterocycles. The van der Waals surface area contributed by atoms with Crippen LogP contribution in [0.5, 0.6) is 0 Å². The van der Waals surface area contributed by atoms with Gasteiger partial charge in [0.1, 0.15) is 0 Å². The van der Waals surface area contributed by atoms with Crippen molar-refractivity contribution in [3.8, 4) is 0 Å². The van der Waals surface area contributed by atoms with Crippen LogP contribution in [0, 0.1) is 0 Å². The third-order valence-electron chi connectivity index (χ3n) is 3.60. The second-order valence-corrected chi connectivity index (χ2v) is 5.77. The van der Waals surface area contributed by atoms with E-state index < -0.39 is 0 Å². The molecule has 1 aromatic rings. The summed E-state index contributed by atoms with van der Waals surface area (Å²) in [6.07, 6.45) is 2.40. The van der Waals surface area contributed by atoms with Gasteiger partial charge < -0.3 is 15.1 Å². The predicted molar refractivity (Wildman–Crippen MR) is 88.1 cm³/mol. The first-order valence-corrected chi connectivity index (χ1v) is 7.75. The Kier molecular flexibility index (Phi) is 8.51. The molecule has 0 bridgehead atoms. The van der Waals surface area contributed by atoms with Gasteiger partial charge in [-0.1, -0.05) is 37.3 Å². The van der Waals surface area contributed by atoms with Crippen LogP contribution in [0.1, 0.15) is 31.4 Å². The minimum atomic E-state index is 0.470. The van der Waals surface area contributed by atoms with Crippen molar-refractivity contribution >= 4 is 0 Å². The third-order valence-corrected chi connectivity index (χ3v) is 3.60. The molecule has 0 aromatic heterocycles. The van der Waals surface area contributed by atoms with Crippen LogP contribution in [0.25, 0.3) is 0 Å². The van der Waals surface area contributed by atoms with Gasteiger partial charge in [0, 0.05) is 6.04 Å². The van der Waals surface area contributed by atoms with Gasteiger partial charge in [-0.25, -0.2) is 0 Å². The van der Waals surface area contributed by atoms with Crippen molar-refractivity contribution in [3.05, 3.63) is 35.9 Å². The molecule has 114 valence electrons. The lowest BCUT2D eigenvalue weighted by Crippen LogP contribution is -2.29. The molecule has 1 rings (SSSR count). The quantitative estimate of drug-likeness (QED) is 0.709. The largest absolute Gasteiger partial charge is 0.310 e. The van der Waals surface area contributed by atoms with Gasteiger partial charge in [-0.2, -0.15) is 0 Å².